The molecule has 1 aromatic heterocycles. The van der Waals surface area contributed by atoms with Crippen molar-refractivity contribution in [3.05, 3.63) is 16.4 Å². The van der Waals surface area contributed by atoms with Gasteiger partial charge in [0.25, 0.3) is 0 Å². The highest BCUT2D eigenvalue weighted by molar-refractivity contribution is 5.76. The molecule has 0 radical (unpaired) electrons. The Bertz CT molecular complexity index is 502. The van der Waals surface area contributed by atoms with Crippen molar-refractivity contribution in [3.63, 3.8) is 0 Å². The zero-order valence-electron chi connectivity index (χ0n) is 10.9. The van der Waals surface area contributed by atoms with E-state index in [2.05, 4.69) is 20.6 Å². The second-order valence-electron chi connectivity index (χ2n) is 4.58. The lowest BCUT2D eigenvalue weighted by Gasteiger charge is -2.25. The number of hydrogen-bond donors (Lipinski definition) is 3. The van der Waals surface area contributed by atoms with Crippen LogP contribution < -0.4 is 16.4 Å². The minimum atomic E-state index is -0.754. The second-order valence-corrected chi connectivity index (χ2v) is 4.58. The van der Waals surface area contributed by atoms with E-state index >= 15 is 0 Å². The Morgan fingerprint density at radius 2 is 2.05 bits per heavy atom. The van der Waals surface area contributed by atoms with Gasteiger partial charge in [0.05, 0.1) is 4.92 Å². The largest absolute Gasteiger partial charge is 0.370 e. The first-order valence-corrected chi connectivity index (χ1v) is 5.50. The molecule has 0 fully saturated rings. The third-order valence-electron chi connectivity index (χ3n) is 2.31. The molecule has 9 heteroatoms. The lowest BCUT2D eigenvalue weighted by Crippen LogP contribution is -2.36. The number of rotatable bonds is 6. The molecule has 1 rings (SSSR count). The summed E-state index contributed by atoms with van der Waals surface area (Å²) < 4.78 is 0. The van der Waals surface area contributed by atoms with Gasteiger partial charge in [0.15, 0.2) is 0 Å². The standard InChI is InChI=1S/C10H16N6O3/c1-10(2,4-6(11)17)15-9-7(16(18)19)8(12-3)13-5-14-9/h5H,4H2,1-3H3,(H2,11,17)(H2,12,13,14,15). The number of carbonyl (C=O) groups is 1. The van der Waals surface area contributed by atoms with E-state index in [0.717, 1.165) is 0 Å². The van der Waals surface area contributed by atoms with E-state index in [0.29, 0.717) is 0 Å². The predicted octanol–water partition coefficient (Wildman–Crippen LogP) is 0.492. The lowest BCUT2D eigenvalue weighted by atomic mass is 10.0. The van der Waals surface area contributed by atoms with Crippen LogP contribution in [-0.4, -0.2) is 33.4 Å². The molecule has 0 aromatic carbocycles. The number of carbonyl (C=O) groups excluding carboxylic acids is 1. The summed E-state index contributed by atoms with van der Waals surface area (Å²) in [6, 6.07) is 0. The average Bonchev–Trinajstić information content (AvgIpc) is 2.25. The summed E-state index contributed by atoms with van der Waals surface area (Å²) in [6.07, 6.45) is 1.21. The molecule has 0 aliphatic carbocycles. The number of nitrogens with one attached hydrogen (secondary N) is 2. The fraction of sp³-hybridized carbons (Fsp3) is 0.500. The molecule has 1 amide bonds. The third-order valence-corrected chi connectivity index (χ3v) is 2.31. The van der Waals surface area contributed by atoms with Gasteiger partial charge in [0, 0.05) is 19.0 Å². The Labute approximate surface area is 109 Å². The molecule has 0 spiro atoms. The number of amides is 1. The molecule has 0 unspecified atom stereocenters. The molecule has 0 aliphatic rings. The van der Waals surface area contributed by atoms with Crippen LogP contribution >= 0.6 is 0 Å². The first kappa shape index (κ1) is 14.6. The topological polar surface area (TPSA) is 136 Å². The highest BCUT2D eigenvalue weighted by Gasteiger charge is 2.28. The summed E-state index contributed by atoms with van der Waals surface area (Å²) in [7, 11) is 1.52. The van der Waals surface area contributed by atoms with Crippen LogP contribution in [0.1, 0.15) is 20.3 Å². The van der Waals surface area contributed by atoms with E-state index < -0.39 is 16.4 Å². The van der Waals surface area contributed by atoms with Gasteiger partial charge in [0.2, 0.25) is 17.5 Å². The molecule has 4 N–H and O–H groups in total. The maximum atomic E-state index is 11.1. The fourth-order valence-corrected chi connectivity index (χ4v) is 1.63. The van der Waals surface area contributed by atoms with Crippen LogP contribution in [0, 0.1) is 10.1 Å². The van der Waals surface area contributed by atoms with E-state index in [4.69, 9.17) is 5.73 Å². The van der Waals surface area contributed by atoms with Gasteiger partial charge in [-0.05, 0) is 13.8 Å². The van der Waals surface area contributed by atoms with Gasteiger partial charge in [-0.3, -0.25) is 14.9 Å². The zero-order valence-corrected chi connectivity index (χ0v) is 10.9. The molecule has 1 aromatic rings. The minimum Gasteiger partial charge on any atom is -0.370 e. The summed E-state index contributed by atoms with van der Waals surface area (Å²) in [4.78, 5) is 29.0. The molecule has 1 heterocycles. The fourth-order valence-electron chi connectivity index (χ4n) is 1.63. The number of nitro groups is 1. The number of anilines is 2. The molecular weight excluding hydrogens is 252 g/mol. The van der Waals surface area contributed by atoms with Crippen LogP contribution in [0.5, 0.6) is 0 Å². The lowest BCUT2D eigenvalue weighted by molar-refractivity contribution is -0.383. The molecule has 0 saturated heterocycles. The van der Waals surface area contributed by atoms with Crippen LogP contribution in [0.25, 0.3) is 0 Å². The molecule has 19 heavy (non-hydrogen) atoms. The summed E-state index contributed by atoms with van der Waals surface area (Å²) in [5.41, 5.74) is 4.10. The molecule has 0 aliphatic heterocycles. The number of nitrogens with two attached hydrogens (primary N) is 1. The molecule has 0 atom stereocenters. The highest BCUT2D eigenvalue weighted by Crippen LogP contribution is 2.30. The Hall–Kier alpha value is -2.45. The van der Waals surface area contributed by atoms with Gasteiger partial charge in [0.1, 0.15) is 6.33 Å². The minimum absolute atomic E-state index is 0.0169. The van der Waals surface area contributed by atoms with Crippen molar-refractivity contribution in [2.24, 2.45) is 5.73 Å². The molecular formula is C10H16N6O3. The summed E-state index contributed by atoms with van der Waals surface area (Å²) in [5, 5.41) is 16.5. The second kappa shape index (κ2) is 5.46. The van der Waals surface area contributed by atoms with Gasteiger partial charge < -0.3 is 16.4 Å². The monoisotopic (exact) mass is 268 g/mol. The molecule has 9 nitrogen and oxygen atoms in total. The number of aromatic nitrogens is 2. The van der Waals surface area contributed by atoms with E-state index in [1.165, 1.54) is 13.4 Å². The van der Waals surface area contributed by atoms with Crippen LogP contribution in [0.2, 0.25) is 0 Å². The zero-order chi connectivity index (χ0) is 14.6. The van der Waals surface area contributed by atoms with E-state index in [9.17, 15) is 14.9 Å². The number of hydrogen-bond acceptors (Lipinski definition) is 7. The summed E-state index contributed by atoms with van der Waals surface area (Å²) in [6.45, 7) is 3.39. The van der Waals surface area contributed by atoms with Gasteiger partial charge in [-0.15, -0.1) is 0 Å². The Morgan fingerprint density at radius 1 is 1.47 bits per heavy atom. The Morgan fingerprint density at radius 3 is 2.53 bits per heavy atom. The summed E-state index contributed by atoms with van der Waals surface area (Å²) in [5.74, 6) is -0.379. The maximum Gasteiger partial charge on any atom is 0.353 e. The average molecular weight is 268 g/mol. The predicted molar refractivity (Wildman–Crippen MR) is 69.7 cm³/mol. The Balaban J connectivity index is 3.14. The van der Waals surface area contributed by atoms with Crippen molar-refractivity contribution in [1.29, 1.82) is 0 Å². The van der Waals surface area contributed by atoms with Crippen LogP contribution in [0.15, 0.2) is 6.33 Å². The third kappa shape index (κ3) is 3.76. The van der Waals surface area contributed by atoms with Crippen molar-refractivity contribution in [2.45, 2.75) is 25.8 Å². The number of nitrogens with zero attached hydrogens (tertiary/aromatic N) is 3. The normalized spacial score (nSPS) is 10.9. The highest BCUT2D eigenvalue weighted by atomic mass is 16.6. The van der Waals surface area contributed by atoms with Gasteiger partial charge in [-0.1, -0.05) is 0 Å². The van der Waals surface area contributed by atoms with Crippen LogP contribution in [0.3, 0.4) is 0 Å². The molecule has 104 valence electrons. The quantitative estimate of drug-likeness (QED) is 0.504. The summed E-state index contributed by atoms with van der Waals surface area (Å²) >= 11 is 0. The van der Waals surface area contributed by atoms with Crippen molar-refractivity contribution < 1.29 is 9.72 Å². The van der Waals surface area contributed by atoms with Gasteiger partial charge >= 0.3 is 5.69 Å². The SMILES string of the molecule is CNc1ncnc(NC(C)(C)CC(N)=O)c1[N+](=O)[O-]. The first-order chi connectivity index (χ1) is 8.76. The van der Waals surface area contributed by atoms with Crippen LogP contribution in [0.4, 0.5) is 17.3 Å². The smallest absolute Gasteiger partial charge is 0.353 e. The van der Waals surface area contributed by atoms with E-state index in [1.54, 1.807) is 13.8 Å². The van der Waals surface area contributed by atoms with Crippen molar-refractivity contribution in [2.75, 3.05) is 17.7 Å². The first-order valence-electron chi connectivity index (χ1n) is 5.50. The van der Waals surface area contributed by atoms with Gasteiger partial charge in [-0.25, -0.2) is 9.97 Å². The van der Waals surface area contributed by atoms with Gasteiger partial charge in [-0.2, -0.15) is 0 Å². The van der Waals surface area contributed by atoms with Crippen LogP contribution in [-0.2, 0) is 4.79 Å². The number of primary amides is 1. The van der Waals surface area contributed by atoms with E-state index in [-0.39, 0.29) is 23.7 Å². The van der Waals surface area contributed by atoms with Crippen molar-refractivity contribution in [1.82, 2.24) is 9.97 Å². The van der Waals surface area contributed by atoms with Crippen molar-refractivity contribution in [3.8, 4) is 0 Å². The maximum absolute atomic E-state index is 11.1. The Kier molecular flexibility index (Phi) is 4.20. The van der Waals surface area contributed by atoms with Crippen molar-refractivity contribution >= 4 is 23.2 Å². The van der Waals surface area contributed by atoms with E-state index in [1.807, 2.05) is 0 Å². The molecule has 0 saturated carbocycles. The molecule has 0 bridgehead atoms.